The number of hydrogen-bond donors (Lipinski definition) is 9. The molecule has 56 heavy (non-hydrogen) atoms. The molecule has 1 aliphatic rings. The number of phenols is 1. The molecule has 1 saturated heterocycles. The summed E-state index contributed by atoms with van der Waals surface area (Å²) in [6.07, 6.45) is -2.53. The van der Waals surface area contributed by atoms with Gasteiger partial charge in [0, 0.05) is 61.2 Å². The molecule has 3 amide bonds. The van der Waals surface area contributed by atoms with E-state index in [1.807, 2.05) is 23.6 Å². The Morgan fingerprint density at radius 3 is 2.39 bits per heavy atom. The van der Waals surface area contributed by atoms with Gasteiger partial charge in [0.05, 0.1) is 18.2 Å². The first kappa shape index (κ1) is 41.5. The topological polar surface area (TPSA) is 240 Å². The average molecular weight is 788 g/mol. The van der Waals surface area contributed by atoms with Crippen molar-refractivity contribution in [2.24, 2.45) is 0 Å². The molecule has 6 atom stereocenters. The zero-order chi connectivity index (χ0) is 40.6. The van der Waals surface area contributed by atoms with Crippen LogP contribution in [0, 0.1) is 13.8 Å². The smallest absolute Gasteiger partial charge is 0.336 e. The Labute approximate surface area is 327 Å². The van der Waals surface area contributed by atoms with Crippen LogP contribution in [0.25, 0.3) is 6.08 Å². The number of aliphatic carboxylic acids is 1. The SMILES string of the molecule is CC(=O)N[C@H]1[C@H]([C@H](O)[C@H](O)CNC(=O)c2cc(C)c(O)c(C)c2)O[C@@](C/C=C/c2cccc(CNC(=O)c3cccc(Nc4nccs4)c3)c2)(C(=O)O)C[C@@H]1O. The van der Waals surface area contributed by atoms with E-state index in [-0.39, 0.29) is 30.2 Å². The minimum Gasteiger partial charge on any atom is -0.507 e. The fraction of sp³-hybridized carbons (Fsp3) is 0.325. The molecule has 2 heterocycles. The number of aromatic nitrogens is 1. The maximum Gasteiger partial charge on any atom is 0.336 e. The Balaban J connectivity index is 1.24. The highest BCUT2D eigenvalue weighted by Gasteiger charge is 2.54. The summed E-state index contributed by atoms with van der Waals surface area (Å²) in [6.45, 7) is 4.15. The largest absolute Gasteiger partial charge is 0.507 e. The number of aryl methyl sites for hydroxylation is 2. The van der Waals surface area contributed by atoms with E-state index in [1.54, 1.807) is 62.5 Å². The lowest BCUT2D eigenvalue weighted by Gasteiger charge is -2.47. The van der Waals surface area contributed by atoms with Crippen LogP contribution >= 0.6 is 11.3 Å². The van der Waals surface area contributed by atoms with Gasteiger partial charge in [-0.25, -0.2) is 9.78 Å². The second kappa shape index (κ2) is 18.3. The summed E-state index contributed by atoms with van der Waals surface area (Å²) in [6, 6.07) is 15.8. The quantitative estimate of drug-likeness (QED) is 0.0845. The fourth-order valence-corrected chi connectivity index (χ4v) is 7.02. The van der Waals surface area contributed by atoms with E-state index in [4.69, 9.17) is 4.74 Å². The first-order valence-electron chi connectivity index (χ1n) is 17.8. The molecular formula is C40H45N5O10S. The Hall–Kier alpha value is -5.65. The van der Waals surface area contributed by atoms with Gasteiger partial charge in [0.2, 0.25) is 5.91 Å². The van der Waals surface area contributed by atoms with Gasteiger partial charge in [0.15, 0.2) is 10.7 Å². The molecule has 1 aliphatic heterocycles. The van der Waals surface area contributed by atoms with Crippen molar-refractivity contribution in [3.8, 4) is 5.75 Å². The van der Waals surface area contributed by atoms with Crippen molar-refractivity contribution >= 4 is 51.9 Å². The number of thiazole rings is 1. The third-order valence-electron chi connectivity index (χ3n) is 9.35. The zero-order valence-corrected chi connectivity index (χ0v) is 31.7. The van der Waals surface area contributed by atoms with Gasteiger partial charge in [-0.1, -0.05) is 36.4 Å². The number of carbonyl (C=O) groups excluding carboxylic acids is 3. The van der Waals surface area contributed by atoms with E-state index in [1.165, 1.54) is 30.4 Å². The number of nitrogens with zero attached hydrogens (tertiary/aromatic N) is 1. The van der Waals surface area contributed by atoms with Gasteiger partial charge in [-0.15, -0.1) is 11.3 Å². The summed E-state index contributed by atoms with van der Waals surface area (Å²) in [5, 5.41) is 67.4. The standard InChI is InChI=1S/C40H45N5O10S/c1-22-15-28(16-23(2)33(22)49)37(52)43-21-31(48)34(50)35-32(44-24(3)46)30(47)19-40(55-35,38(53)54)12-6-9-25-7-4-8-26(17-25)20-42-36(51)27-10-5-11-29(18-27)45-39-41-13-14-56-39/h4-11,13-18,30-32,34-35,47-50H,12,19-21H2,1-3H3,(H,41,45)(H,42,51)(H,43,52)(H,44,46)(H,53,54)/b9-6+/t30-,31+,32+,34+,35+,40+/m0/s1. The number of benzene rings is 3. The van der Waals surface area contributed by atoms with E-state index in [0.717, 1.165) is 11.3 Å². The monoisotopic (exact) mass is 787 g/mol. The normalized spacial score (nSPS) is 20.5. The molecule has 0 saturated carbocycles. The molecule has 15 nitrogen and oxygen atoms in total. The predicted octanol–water partition coefficient (Wildman–Crippen LogP) is 3.17. The van der Waals surface area contributed by atoms with Crippen LogP contribution in [0.1, 0.15) is 62.7 Å². The Morgan fingerprint density at radius 2 is 1.71 bits per heavy atom. The summed E-state index contributed by atoms with van der Waals surface area (Å²) in [4.78, 5) is 54.8. The molecule has 0 spiro atoms. The van der Waals surface area contributed by atoms with E-state index in [9.17, 15) is 44.7 Å². The summed E-state index contributed by atoms with van der Waals surface area (Å²) in [5.74, 6) is -2.88. The Morgan fingerprint density at radius 1 is 1.00 bits per heavy atom. The number of aromatic hydroxyl groups is 1. The number of aliphatic hydroxyl groups excluding tert-OH is 3. The number of ether oxygens (including phenoxy) is 1. The summed E-state index contributed by atoms with van der Waals surface area (Å²) in [5.41, 5.74) is 1.69. The van der Waals surface area contributed by atoms with Crippen LogP contribution < -0.4 is 21.3 Å². The highest BCUT2D eigenvalue weighted by atomic mass is 32.1. The van der Waals surface area contributed by atoms with Crippen LogP contribution in [0.2, 0.25) is 0 Å². The van der Waals surface area contributed by atoms with Crippen molar-refractivity contribution in [1.82, 2.24) is 20.9 Å². The van der Waals surface area contributed by atoms with Crippen LogP contribution in [0.5, 0.6) is 5.75 Å². The number of carboxylic acids is 1. The van der Waals surface area contributed by atoms with E-state index in [0.29, 0.717) is 27.4 Å². The molecule has 296 valence electrons. The van der Waals surface area contributed by atoms with Crippen molar-refractivity contribution in [1.29, 1.82) is 0 Å². The second-order valence-electron chi connectivity index (χ2n) is 13.7. The number of rotatable bonds is 15. The predicted molar refractivity (Wildman–Crippen MR) is 208 cm³/mol. The van der Waals surface area contributed by atoms with Crippen molar-refractivity contribution in [3.63, 3.8) is 0 Å². The average Bonchev–Trinajstić information content (AvgIpc) is 3.68. The van der Waals surface area contributed by atoms with Crippen molar-refractivity contribution in [2.45, 2.75) is 76.2 Å². The van der Waals surface area contributed by atoms with Crippen LogP contribution in [-0.2, 0) is 20.9 Å². The van der Waals surface area contributed by atoms with Crippen LogP contribution in [0.4, 0.5) is 10.8 Å². The molecule has 9 N–H and O–H groups in total. The molecule has 3 aromatic carbocycles. The van der Waals surface area contributed by atoms with Crippen LogP contribution in [0.3, 0.4) is 0 Å². The molecule has 1 aromatic heterocycles. The summed E-state index contributed by atoms with van der Waals surface area (Å²) < 4.78 is 6.01. The first-order valence-corrected chi connectivity index (χ1v) is 18.6. The number of aliphatic hydroxyl groups is 3. The molecule has 0 radical (unpaired) electrons. The van der Waals surface area contributed by atoms with Crippen molar-refractivity contribution < 1.29 is 49.4 Å². The number of amides is 3. The van der Waals surface area contributed by atoms with Gasteiger partial charge < -0.3 is 51.5 Å². The summed E-state index contributed by atoms with van der Waals surface area (Å²) in [7, 11) is 0. The van der Waals surface area contributed by atoms with E-state index in [2.05, 4.69) is 26.3 Å². The third-order valence-corrected chi connectivity index (χ3v) is 10.0. The molecular weight excluding hydrogens is 743 g/mol. The van der Waals surface area contributed by atoms with Crippen LogP contribution in [-0.4, -0.2) is 96.8 Å². The molecule has 5 rings (SSSR count). The highest BCUT2D eigenvalue weighted by molar-refractivity contribution is 7.13. The number of carbonyl (C=O) groups is 4. The number of carboxylic acid groups (broad SMARTS) is 1. The van der Waals surface area contributed by atoms with E-state index < -0.39 is 66.8 Å². The zero-order valence-electron chi connectivity index (χ0n) is 30.9. The van der Waals surface area contributed by atoms with Crippen molar-refractivity contribution in [3.05, 3.63) is 112 Å². The van der Waals surface area contributed by atoms with Crippen LogP contribution in [0.15, 0.2) is 78.3 Å². The van der Waals surface area contributed by atoms with Crippen molar-refractivity contribution in [2.75, 3.05) is 11.9 Å². The minimum atomic E-state index is -2.07. The van der Waals surface area contributed by atoms with Gasteiger partial charge >= 0.3 is 5.97 Å². The van der Waals surface area contributed by atoms with Gasteiger partial charge in [-0.2, -0.15) is 0 Å². The lowest BCUT2D eigenvalue weighted by Crippen LogP contribution is -2.67. The van der Waals surface area contributed by atoms with E-state index >= 15 is 0 Å². The van der Waals surface area contributed by atoms with Gasteiger partial charge in [-0.3, -0.25) is 14.4 Å². The van der Waals surface area contributed by atoms with Gasteiger partial charge in [0.1, 0.15) is 18.0 Å². The molecule has 4 aromatic rings. The number of hydrogen-bond acceptors (Lipinski definition) is 12. The lowest BCUT2D eigenvalue weighted by molar-refractivity contribution is -0.226. The van der Waals surface area contributed by atoms with Gasteiger partial charge in [-0.05, 0) is 72.5 Å². The second-order valence-corrected chi connectivity index (χ2v) is 14.6. The molecule has 0 aliphatic carbocycles. The fourth-order valence-electron chi connectivity index (χ4n) is 6.47. The number of anilines is 2. The molecule has 0 unspecified atom stereocenters. The molecule has 1 fully saturated rings. The molecule has 0 bridgehead atoms. The van der Waals surface area contributed by atoms with Gasteiger partial charge in [0.25, 0.3) is 11.8 Å². The summed E-state index contributed by atoms with van der Waals surface area (Å²) >= 11 is 1.44. The Kier molecular flexibility index (Phi) is 13.6. The third kappa shape index (κ3) is 10.3. The maximum atomic E-state index is 12.9. The Bertz CT molecular complexity index is 2050. The number of phenolic OH excluding ortho intramolecular Hbond substituents is 1. The minimum absolute atomic E-state index is 0.0415. The number of nitrogens with one attached hydrogen (secondary N) is 4. The maximum absolute atomic E-state index is 12.9. The molecule has 16 heteroatoms. The first-order chi connectivity index (χ1) is 26.7. The highest BCUT2D eigenvalue weighted by Crippen LogP contribution is 2.35. The lowest BCUT2D eigenvalue weighted by atomic mass is 9.81.